The lowest BCUT2D eigenvalue weighted by atomic mass is 10.1. The van der Waals surface area contributed by atoms with E-state index in [1.807, 2.05) is 19.1 Å². The highest BCUT2D eigenvalue weighted by atomic mass is 16.5. The number of benzene rings is 1. The van der Waals surface area contributed by atoms with E-state index in [2.05, 4.69) is 33.3 Å². The number of nitrogens with one attached hydrogen (secondary N) is 1. The summed E-state index contributed by atoms with van der Waals surface area (Å²) in [6, 6.07) is 10.3. The number of nitriles is 1. The van der Waals surface area contributed by atoms with E-state index >= 15 is 0 Å². The van der Waals surface area contributed by atoms with Gasteiger partial charge in [-0.3, -0.25) is 18.8 Å². The third kappa shape index (κ3) is 5.96. The Morgan fingerprint density at radius 1 is 1.12 bits per heavy atom. The Morgan fingerprint density at radius 2 is 1.88 bits per heavy atom. The van der Waals surface area contributed by atoms with Gasteiger partial charge in [0.1, 0.15) is 11.6 Å². The second kappa shape index (κ2) is 11.6. The summed E-state index contributed by atoms with van der Waals surface area (Å²) in [4.78, 5) is 29.7. The first-order valence-corrected chi connectivity index (χ1v) is 11.6. The summed E-state index contributed by atoms with van der Waals surface area (Å²) in [5.74, 6) is 1.43. The predicted molar refractivity (Wildman–Crippen MR) is 130 cm³/mol. The zero-order chi connectivity index (χ0) is 23.8. The molecule has 2 heterocycles. The lowest BCUT2D eigenvalue weighted by Gasteiger charge is -2.36. The number of nitrogens with zero attached hydrogens (tertiary/aromatic N) is 5. The summed E-state index contributed by atoms with van der Waals surface area (Å²) in [5.41, 5.74) is 0.982. The minimum absolute atomic E-state index is 0.236. The van der Waals surface area contributed by atoms with E-state index in [1.54, 1.807) is 7.05 Å². The molecule has 1 aromatic heterocycles. The summed E-state index contributed by atoms with van der Waals surface area (Å²) < 4.78 is 8.18. The van der Waals surface area contributed by atoms with Crippen molar-refractivity contribution in [2.24, 2.45) is 14.1 Å². The van der Waals surface area contributed by atoms with Crippen LogP contribution in [0.25, 0.3) is 0 Å². The summed E-state index contributed by atoms with van der Waals surface area (Å²) >= 11 is 0. The van der Waals surface area contributed by atoms with Crippen LogP contribution in [0.1, 0.15) is 25.3 Å². The van der Waals surface area contributed by atoms with Crippen LogP contribution in [-0.4, -0.2) is 59.9 Å². The van der Waals surface area contributed by atoms with Gasteiger partial charge in [0, 0.05) is 65.0 Å². The Bertz CT molecular complexity index is 1090. The zero-order valence-corrected chi connectivity index (χ0v) is 19.8. The van der Waals surface area contributed by atoms with Gasteiger partial charge in [0.2, 0.25) is 0 Å². The van der Waals surface area contributed by atoms with Gasteiger partial charge < -0.3 is 15.0 Å². The molecular weight excluding hydrogens is 420 g/mol. The van der Waals surface area contributed by atoms with Gasteiger partial charge in [-0.1, -0.05) is 6.07 Å². The van der Waals surface area contributed by atoms with Gasteiger partial charge in [-0.25, -0.2) is 4.79 Å². The number of aromatic nitrogens is 2. The Balaban J connectivity index is 1.51. The number of anilines is 2. The molecular formula is C24H34N6O3. The molecule has 9 heteroatoms. The molecule has 0 unspecified atom stereocenters. The Hall–Kier alpha value is -3.25. The summed E-state index contributed by atoms with van der Waals surface area (Å²) in [6.45, 7) is 8.13. The van der Waals surface area contributed by atoms with Gasteiger partial charge >= 0.3 is 5.69 Å². The van der Waals surface area contributed by atoms with E-state index in [0.29, 0.717) is 31.0 Å². The molecule has 0 spiro atoms. The van der Waals surface area contributed by atoms with Crippen LogP contribution in [0.15, 0.2) is 33.9 Å². The predicted octanol–water partition coefficient (Wildman–Crippen LogP) is 1.56. The highest BCUT2D eigenvalue weighted by Gasteiger charge is 2.18. The lowest BCUT2D eigenvalue weighted by Crippen LogP contribution is -2.46. The fourth-order valence-corrected chi connectivity index (χ4v) is 4.22. The number of piperazine rings is 1. The fourth-order valence-electron chi connectivity index (χ4n) is 4.22. The van der Waals surface area contributed by atoms with E-state index in [9.17, 15) is 9.59 Å². The third-order valence-electron chi connectivity index (χ3n) is 6.05. The van der Waals surface area contributed by atoms with Crippen molar-refractivity contribution in [1.82, 2.24) is 14.0 Å². The maximum Gasteiger partial charge on any atom is 0.332 e. The Kier molecular flexibility index (Phi) is 8.55. The molecule has 0 radical (unpaired) electrons. The summed E-state index contributed by atoms with van der Waals surface area (Å²) in [6.07, 6.45) is 1.45. The van der Waals surface area contributed by atoms with Crippen LogP contribution in [-0.2, 0) is 20.5 Å². The van der Waals surface area contributed by atoms with Crippen molar-refractivity contribution in [3.05, 3.63) is 50.7 Å². The first-order valence-electron chi connectivity index (χ1n) is 11.6. The molecule has 0 bridgehead atoms. The molecule has 1 aliphatic rings. The van der Waals surface area contributed by atoms with Crippen LogP contribution in [0.5, 0.6) is 5.75 Å². The van der Waals surface area contributed by atoms with Crippen molar-refractivity contribution in [3.8, 4) is 11.8 Å². The normalized spacial score (nSPS) is 14.2. The SMILES string of the molecule is CCOc1cccc(N2CCN(CCCNc3c(CCC#N)c(=O)n(C)c(=O)n3C)CC2)c1. The second-order valence-corrected chi connectivity index (χ2v) is 8.23. The maximum atomic E-state index is 12.5. The molecule has 0 atom stereocenters. The first kappa shape index (κ1) is 24.4. The van der Waals surface area contributed by atoms with Crippen LogP contribution in [0, 0.1) is 11.3 Å². The van der Waals surface area contributed by atoms with Crippen LogP contribution in [0.2, 0.25) is 0 Å². The van der Waals surface area contributed by atoms with Gasteiger partial charge in [-0.15, -0.1) is 0 Å². The van der Waals surface area contributed by atoms with Gasteiger partial charge in [-0.2, -0.15) is 5.26 Å². The molecule has 1 N–H and O–H groups in total. The molecule has 0 saturated carbocycles. The van der Waals surface area contributed by atoms with E-state index in [0.717, 1.165) is 49.5 Å². The number of hydrogen-bond donors (Lipinski definition) is 1. The summed E-state index contributed by atoms with van der Waals surface area (Å²) in [7, 11) is 3.12. The minimum atomic E-state index is -0.368. The number of rotatable bonds is 10. The van der Waals surface area contributed by atoms with Crippen molar-refractivity contribution in [1.29, 1.82) is 5.26 Å². The maximum absolute atomic E-state index is 12.5. The molecule has 9 nitrogen and oxygen atoms in total. The van der Waals surface area contributed by atoms with E-state index < -0.39 is 0 Å². The Labute approximate surface area is 194 Å². The minimum Gasteiger partial charge on any atom is -0.494 e. The molecule has 2 aromatic rings. The monoisotopic (exact) mass is 454 g/mol. The smallest absolute Gasteiger partial charge is 0.332 e. The van der Waals surface area contributed by atoms with Crippen LogP contribution in [0.3, 0.4) is 0 Å². The molecule has 3 rings (SSSR count). The average Bonchev–Trinajstić information content (AvgIpc) is 2.83. The molecule has 178 valence electrons. The van der Waals surface area contributed by atoms with Gasteiger partial charge in [0.15, 0.2) is 0 Å². The zero-order valence-electron chi connectivity index (χ0n) is 19.8. The highest BCUT2D eigenvalue weighted by molar-refractivity contribution is 5.51. The van der Waals surface area contributed by atoms with Crippen molar-refractivity contribution in [2.45, 2.75) is 26.2 Å². The first-order chi connectivity index (χ1) is 16.0. The highest BCUT2D eigenvalue weighted by Crippen LogP contribution is 2.22. The largest absolute Gasteiger partial charge is 0.494 e. The van der Waals surface area contributed by atoms with Crippen LogP contribution >= 0.6 is 0 Å². The van der Waals surface area contributed by atoms with Crippen LogP contribution in [0.4, 0.5) is 11.5 Å². The molecule has 1 saturated heterocycles. The molecule has 1 aromatic carbocycles. The van der Waals surface area contributed by atoms with Crippen molar-refractivity contribution < 1.29 is 4.74 Å². The lowest BCUT2D eigenvalue weighted by molar-refractivity contribution is 0.257. The second-order valence-electron chi connectivity index (χ2n) is 8.23. The van der Waals surface area contributed by atoms with Crippen LogP contribution < -0.4 is 26.2 Å². The number of hydrogen-bond acceptors (Lipinski definition) is 7. The van der Waals surface area contributed by atoms with Gasteiger partial charge in [0.25, 0.3) is 5.56 Å². The van der Waals surface area contributed by atoms with Gasteiger partial charge in [0.05, 0.1) is 18.2 Å². The molecule has 33 heavy (non-hydrogen) atoms. The molecule has 0 aliphatic carbocycles. The van der Waals surface area contributed by atoms with E-state index in [4.69, 9.17) is 10.00 Å². The van der Waals surface area contributed by atoms with E-state index in [-0.39, 0.29) is 17.7 Å². The quantitative estimate of drug-likeness (QED) is 0.545. The van der Waals surface area contributed by atoms with Crippen molar-refractivity contribution in [3.63, 3.8) is 0 Å². The third-order valence-corrected chi connectivity index (χ3v) is 6.05. The topological polar surface area (TPSA) is 95.5 Å². The molecule has 1 aliphatic heterocycles. The average molecular weight is 455 g/mol. The van der Waals surface area contributed by atoms with E-state index in [1.165, 1.54) is 17.3 Å². The summed E-state index contributed by atoms with van der Waals surface area (Å²) in [5, 5.41) is 12.2. The standard InChI is InChI=1S/C24H34N6O3/c1-4-33-20-9-5-8-19(18-20)30-16-14-29(15-17-30)13-7-12-26-22-21(10-6-11-25)23(31)28(3)24(32)27(22)2/h5,8-9,18,26H,4,6-7,10,12-17H2,1-3H3. The van der Waals surface area contributed by atoms with Gasteiger partial charge in [-0.05, 0) is 38.4 Å². The molecule has 0 amide bonds. The van der Waals surface area contributed by atoms with Crippen molar-refractivity contribution in [2.75, 3.05) is 56.1 Å². The fraction of sp³-hybridized carbons (Fsp3) is 0.542. The Morgan fingerprint density at radius 3 is 2.58 bits per heavy atom. The van der Waals surface area contributed by atoms with Crippen molar-refractivity contribution >= 4 is 11.5 Å². The number of ether oxygens (including phenoxy) is 1. The molecule has 1 fully saturated rings.